The van der Waals surface area contributed by atoms with E-state index in [0.717, 1.165) is 49.7 Å². The van der Waals surface area contributed by atoms with Crippen LogP contribution < -0.4 is 14.7 Å². The van der Waals surface area contributed by atoms with Crippen LogP contribution in [0.4, 0.5) is 0 Å². The molecule has 0 bridgehead atoms. The van der Waals surface area contributed by atoms with Crippen molar-refractivity contribution in [2.45, 2.75) is 100 Å². The number of hydrogen-bond acceptors (Lipinski definition) is 15. The third kappa shape index (κ3) is 49.5. The SMILES string of the molecule is C=C(C)CCOP(=O)(O)OP(=O)([O-])O.CC(C)=CCC/C(C)=C/CC/C(C)=C/CC/C(C)=C/COP(=O)(O)OP(=O)([O-])O.CC(C)=CCOP(=O)(O)OP(=O)([O-])O.[HH]. The largest absolute Gasteiger partial charge is 0.756 e. The van der Waals surface area contributed by atoms with Gasteiger partial charge >= 0.3 is 23.5 Å². The highest BCUT2D eigenvalue weighted by atomic mass is 31.3. The molecule has 0 aliphatic heterocycles. The summed E-state index contributed by atoms with van der Waals surface area (Å²) in [7, 11) is -30.2. The van der Waals surface area contributed by atoms with Crippen LogP contribution in [0.15, 0.2) is 70.4 Å². The fourth-order valence-electron chi connectivity index (χ4n) is 3.36. The quantitative estimate of drug-likeness (QED) is 0.0393. The van der Waals surface area contributed by atoms with Gasteiger partial charge < -0.3 is 44.0 Å². The third-order valence-corrected chi connectivity index (χ3v) is 12.4. The van der Waals surface area contributed by atoms with Crippen LogP contribution in [-0.2, 0) is 53.9 Å². The molecule has 6 atom stereocenters. The molecule has 21 nitrogen and oxygen atoms in total. The summed E-state index contributed by atoms with van der Waals surface area (Å²) in [4.78, 5) is 81.8. The number of phosphoric ester groups is 3. The van der Waals surface area contributed by atoms with Crippen molar-refractivity contribution in [2.75, 3.05) is 19.8 Å². The normalized spacial score (nSPS) is 18.6. The Labute approximate surface area is 336 Å². The number of rotatable bonds is 25. The van der Waals surface area contributed by atoms with Crippen LogP contribution in [0, 0.1) is 0 Å². The van der Waals surface area contributed by atoms with Crippen LogP contribution in [0.3, 0.4) is 0 Å². The Morgan fingerprint density at radius 1 is 0.491 bits per heavy atom. The van der Waals surface area contributed by atoms with E-state index in [1.807, 2.05) is 6.92 Å². The number of phosphoric acid groups is 6. The molecule has 6 unspecified atom stereocenters. The van der Waals surface area contributed by atoms with Gasteiger partial charge in [0.15, 0.2) is 0 Å². The lowest BCUT2D eigenvalue weighted by Crippen LogP contribution is -2.04. The van der Waals surface area contributed by atoms with Gasteiger partial charge in [0.2, 0.25) is 0 Å². The molecule has 0 spiro atoms. The predicted octanol–water partition coefficient (Wildman–Crippen LogP) is 7.07. The molecule has 0 rings (SSSR count). The minimum absolute atomic E-state index is 0. The summed E-state index contributed by atoms with van der Waals surface area (Å²) < 4.78 is 86.7. The number of allylic oxidation sites excluding steroid dienone is 8. The van der Waals surface area contributed by atoms with E-state index >= 15 is 0 Å². The van der Waals surface area contributed by atoms with Crippen molar-refractivity contribution in [3.8, 4) is 0 Å². The monoisotopic (exact) mass is 941 g/mol. The summed E-state index contributed by atoms with van der Waals surface area (Å²) in [6.07, 6.45) is 15.8. The molecule has 57 heavy (non-hydrogen) atoms. The van der Waals surface area contributed by atoms with Crippen LogP contribution in [0.5, 0.6) is 0 Å². The van der Waals surface area contributed by atoms with Gasteiger partial charge in [0.1, 0.15) is 0 Å². The van der Waals surface area contributed by atoms with Crippen molar-refractivity contribution < 1.29 is 99.4 Å². The first-order valence-corrected chi connectivity index (χ1v) is 25.6. The fraction of sp³-hybridized carbons (Fsp3) is 0.600. The molecule has 0 fully saturated rings. The summed E-state index contributed by atoms with van der Waals surface area (Å²) >= 11 is 0. The molecule has 338 valence electrons. The summed E-state index contributed by atoms with van der Waals surface area (Å²) in [6.45, 7) is 18.1. The lowest BCUT2D eigenvalue weighted by atomic mass is 10.0. The Morgan fingerprint density at radius 2 is 0.789 bits per heavy atom. The molecule has 0 aromatic rings. The summed E-state index contributed by atoms with van der Waals surface area (Å²) in [5.41, 5.74) is 6.51. The molecule has 27 heteroatoms. The van der Waals surface area contributed by atoms with E-state index in [1.165, 1.54) is 22.8 Å². The molecule has 0 saturated heterocycles. The topological polar surface area (TPSA) is 348 Å². The van der Waals surface area contributed by atoms with Crippen molar-refractivity contribution >= 4 is 46.9 Å². The smallest absolute Gasteiger partial charge is 0.479 e. The molecule has 0 aliphatic carbocycles. The van der Waals surface area contributed by atoms with Gasteiger partial charge in [-0.2, -0.15) is 0 Å². The highest BCUT2D eigenvalue weighted by Gasteiger charge is 2.27. The first-order valence-electron chi connectivity index (χ1n) is 16.6. The number of hydrogen-bond donors (Lipinski definition) is 6. The lowest BCUT2D eigenvalue weighted by molar-refractivity contribution is -0.214. The van der Waals surface area contributed by atoms with Gasteiger partial charge in [-0.25, -0.2) is 26.6 Å². The Bertz CT molecular complexity index is 1680. The van der Waals surface area contributed by atoms with Crippen LogP contribution in [-0.4, -0.2) is 49.2 Å². The molecular weight excluding hydrogens is 882 g/mol. The summed E-state index contributed by atoms with van der Waals surface area (Å²) in [5, 5.41) is 0. The maximum absolute atomic E-state index is 11.3. The lowest BCUT2D eigenvalue weighted by Gasteiger charge is -2.18. The minimum Gasteiger partial charge on any atom is -0.756 e. The average molecular weight is 942 g/mol. The first kappa shape index (κ1) is 60.5. The molecule has 0 aromatic carbocycles. The van der Waals surface area contributed by atoms with Gasteiger partial charge in [-0.1, -0.05) is 63.8 Å². The van der Waals surface area contributed by atoms with Gasteiger partial charge in [-0.05, 0) is 100 Å². The van der Waals surface area contributed by atoms with Gasteiger partial charge in [-0.3, -0.25) is 27.3 Å². The molecule has 0 aliphatic rings. The Balaban J connectivity index is -0.000000420. The van der Waals surface area contributed by atoms with Crippen molar-refractivity contribution in [1.82, 2.24) is 0 Å². The Kier molecular flexibility index (Phi) is 31.3. The molecule has 0 saturated carbocycles. The van der Waals surface area contributed by atoms with Gasteiger partial charge in [0, 0.05) is 1.43 Å². The van der Waals surface area contributed by atoms with E-state index < -0.39 is 46.9 Å². The first-order chi connectivity index (χ1) is 25.6. The van der Waals surface area contributed by atoms with Crippen molar-refractivity contribution in [2.24, 2.45) is 0 Å². The molecule has 6 N–H and O–H groups in total. The standard InChI is InChI=1S/C20H36O7P2.2C5H12O7P2.H2/c1-17(2)9-6-10-18(3)11-7-12-19(4)13-8-14-20(5)15-16-26-29(24,25)27-28(21,22)23;2*1-5(2)3-4-11-14(9,10)12-13(6,7)8;/h9,11,13,15H,6-8,10,12,14,16H2,1-5H3,(H,24,25)(H2,21,22,23);3H,4H2,1-2H3,(H,9,10)(H2,6,7,8);1,3-4H2,2H3,(H,9,10)(H2,6,7,8);1H/p-3/b18-11+,19-13+,20-15+;;;. The predicted molar refractivity (Wildman–Crippen MR) is 209 cm³/mol. The second kappa shape index (κ2) is 29.5. The van der Waals surface area contributed by atoms with Gasteiger partial charge in [-0.15, -0.1) is 6.58 Å². The van der Waals surface area contributed by atoms with Gasteiger partial charge in [0.25, 0.3) is 23.5 Å². The molecule has 0 aromatic heterocycles. The fourth-order valence-corrected chi connectivity index (χ4v) is 7.90. The van der Waals surface area contributed by atoms with E-state index in [9.17, 15) is 42.1 Å². The van der Waals surface area contributed by atoms with E-state index in [-0.39, 0.29) is 27.7 Å². The second-order valence-electron chi connectivity index (χ2n) is 12.5. The second-order valence-corrected chi connectivity index (χ2v) is 20.9. The molecule has 0 heterocycles. The maximum Gasteiger partial charge on any atom is 0.479 e. The molecule has 0 amide bonds. The minimum atomic E-state index is -5.33. The molecular formula is C30H59O21P6-3. The van der Waals surface area contributed by atoms with E-state index in [1.54, 1.807) is 26.8 Å². The molecule has 0 radical (unpaired) electrons. The van der Waals surface area contributed by atoms with Gasteiger partial charge in [0.05, 0.1) is 19.8 Å². The van der Waals surface area contributed by atoms with Crippen molar-refractivity contribution in [1.29, 1.82) is 0 Å². The van der Waals surface area contributed by atoms with Crippen molar-refractivity contribution in [3.63, 3.8) is 0 Å². The van der Waals surface area contributed by atoms with Crippen LogP contribution in [0.2, 0.25) is 0 Å². The zero-order chi connectivity index (χ0) is 45.3. The average Bonchev–Trinajstić information content (AvgIpc) is 2.93. The van der Waals surface area contributed by atoms with E-state index in [2.05, 4.69) is 79.0 Å². The highest BCUT2D eigenvalue weighted by molar-refractivity contribution is 7.60. The van der Waals surface area contributed by atoms with Crippen molar-refractivity contribution in [3.05, 3.63) is 70.4 Å². The Hall–Kier alpha value is -0.780. The summed E-state index contributed by atoms with van der Waals surface area (Å²) in [5.74, 6) is 0. The Morgan fingerprint density at radius 3 is 1.11 bits per heavy atom. The van der Waals surface area contributed by atoms with E-state index in [0.29, 0.717) is 5.57 Å². The summed E-state index contributed by atoms with van der Waals surface area (Å²) in [6, 6.07) is 0. The zero-order valence-corrected chi connectivity index (χ0v) is 38.5. The zero-order valence-electron chi connectivity index (χ0n) is 33.2. The van der Waals surface area contributed by atoms with E-state index in [4.69, 9.17) is 29.4 Å². The van der Waals surface area contributed by atoms with Crippen LogP contribution >= 0.6 is 46.9 Å². The third-order valence-electron chi connectivity index (χ3n) is 5.96. The maximum atomic E-state index is 11.3. The van der Waals surface area contributed by atoms with Crippen LogP contribution in [0.1, 0.15) is 102 Å². The highest BCUT2D eigenvalue weighted by Crippen LogP contribution is 2.57. The van der Waals surface area contributed by atoms with Crippen LogP contribution in [0.25, 0.3) is 0 Å².